The summed E-state index contributed by atoms with van der Waals surface area (Å²) in [6.07, 6.45) is 0.648. The van der Waals surface area contributed by atoms with Crippen molar-refractivity contribution < 1.29 is 9.59 Å². The maximum atomic E-state index is 12.4. The predicted octanol–water partition coefficient (Wildman–Crippen LogP) is 3.36. The van der Waals surface area contributed by atoms with Crippen LogP contribution in [0, 0.1) is 6.92 Å². The molecule has 0 bridgehead atoms. The number of ketones is 1. The third kappa shape index (κ3) is 3.69. The molecule has 0 atom stereocenters. The largest absolute Gasteiger partial charge is 0.397 e. The van der Waals surface area contributed by atoms with Crippen LogP contribution in [-0.4, -0.2) is 23.2 Å². The van der Waals surface area contributed by atoms with Crippen molar-refractivity contribution in [3.05, 3.63) is 58.1 Å². The van der Waals surface area contributed by atoms with Gasteiger partial charge in [0, 0.05) is 23.2 Å². The van der Waals surface area contributed by atoms with E-state index in [1.165, 1.54) is 11.3 Å². The SMILES string of the molecule is CC(=O)c1cccc(CCNC(=O)c2sc3nc(C)ccc3c2N)c1. The smallest absolute Gasteiger partial charge is 0.263 e. The molecule has 0 aliphatic carbocycles. The van der Waals surface area contributed by atoms with Crippen LogP contribution in [0.1, 0.15) is 38.2 Å². The number of aryl methyl sites for hydroxylation is 1. The van der Waals surface area contributed by atoms with Crippen LogP contribution >= 0.6 is 11.3 Å². The van der Waals surface area contributed by atoms with Crippen LogP contribution in [0.4, 0.5) is 5.69 Å². The number of nitrogen functional groups attached to an aromatic ring is 1. The Morgan fingerprint density at radius 1 is 1.24 bits per heavy atom. The molecule has 0 aliphatic heterocycles. The number of rotatable bonds is 5. The molecule has 2 aromatic heterocycles. The van der Waals surface area contributed by atoms with Crippen LogP contribution in [0.5, 0.6) is 0 Å². The number of nitrogens with two attached hydrogens (primary N) is 1. The van der Waals surface area contributed by atoms with E-state index in [1.54, 1.807) is 13.0 Å². The van der Waals surface area contributed by atoms with Crippen molar-refractivity contribution in [2.24, 2.45) is 0 Å². The Bertz CT molecular complexity index is 962. The second-order valence-electron chi connectivity index (χ2n) is 5.91. The van der Waals surface area contributed by atoms with Crippen molar-refractivity contribution in [2.75, 3.05) is 12.3 Å². The Balaban J connectivity index is 1.68. The molecule has 3 rings (SSSR count). The first kappa shape index (κ1) is 17.1. The number of pyridine rings is 1. The van der Waals surface area contributed by atoms with E-state index in [0.717, 1.165) is 21.5 Å². The average Bonchev–Trinajstić information content (AvgIpc) is 2.91. The summed E-state index contributed by atoms with van der Waals surface area (Å²) in [5.41, 5.74) is 9.16. The number of nitrogens with zero attached hydrogens (tertiary/aromatic N) is 1. The summed E-state index contributed by atoms with van der Waals surface area (Å²) in [6.45, 7) is 3.92. The molecule has 6 heteroatoms. The van der Waals surface area contributed by atoms with E-state index in [2.05, 4.69) is 10.3 Å². The highest BCUT2D eigenvalue weighted by Gasteiger charge is 2.16. The van der Waals surface area contributed by atoms with Gasteiger partial charge in [-0.25, -0.2) is 4.98 Å². The summed E-state index contributed by atoms with van der Waals surface area (Å²) in [7, 11) is 0. The number of aromatic nitrogens is 1. The Morgan fingerprint density at radius 2 is 2.04 bits per heavy atom. The zero-order valence-corrected chi connectivity index (χ0v) is 14.9. The summed E-state index contributed by atoms with van der Waals surface area (Å²) in [4.78, 5) is 29.5. The van der Waals surface area contributed by atoms with Crippen molar-refractivity contribution in [3.8, 4) is 0 Å². The quantitative estimate of drug-likeness (QED) is 0.689. The predicted molar refractivity (Wildman–Crippen MR) is 101 cm³/mol. The number of Topliss-reactive ketones (excluding diaryl/α,β-unsaturated/α-hetero) is 1. The van der Waals surface area contributed by atoms with E-state index < -0.39 is 0 Å². The van der Waals surface area contributed by atoms with Gasteiger partial charge in [-0.05, 0) is 44.0 Å². The molecule has 1 amide bonds. The summed E-state index contributed by atoms with van der Waals surface area (Å²) >= 11 is 1.31. The molecule has 0 radical (unpaired) electrons. The van der Waals surface area contributed by atoms with Gasteiger partial charge in [-0.3, -0.25) is 9.59 Å². The number of benzene rings is 1. The molecule has 0 fully saturated rings. The maximum absolute atomic E-state index is 12.4. The lowest BCUT2D eigenvalue weighted by atomic mass is 10.1. The van der Waals surface area contributed by atoms with Gasteiger partial charge in [0.2, 0.25) is 0 Å². The molecule has 128 valence electrons. The number of amides is 1. The van der Waals surface area contributed by atoms with Gasteiger partial charge in [-0.15, -0.1) is 11.3 Å². The second-order valence-corrected chi connectivity index (χ2v) is 6.91. The van der Waals surface area contributed by atoms with Crippen LogP contribution in [0.2, 0.25) is 0 Å². The van der Waals surface area contributed by atoms with Crippen LogP contribution in [0.3, 0.4) is 0 Å². The van der Waals surface area contributed by atoms with Crippen molar-refractivity contribution in [1.82, 2.24) is 10.3 Å². The fourth-order valence-electron chi connectivity index (χ4n) is 2.60. The third-order valence-electron chi connectivity index (χ3n) is 3.97. The van der Waals surface area contributed by atoms with Gasteiger partial charge in [0.1, 0.15) is 9.71 Å². The van der Waals surface area contributed by atoms with E-state index in [9.17, 15) is 9.59 Å². The van der Waals surface area contributed by atoms with Crippen LogP contribution < -0.4 is 11.1 Å². The van der Waals surface area contributed by atoms with Crippen molar-refractivity contribution in [1.29, 1.82) is 0 Å². The summed E-state index contributed by atoms with van der Waals surface area (Å²) in [6, 6.07) is 11.2. The topological polar surface area (TPSA) is 85.1 Å². The van der Waals surface area contributed by atoms with Crippen LogP contribution in [0.25, 0.3) is 10.2 Å². The van der Waals surface area contributed by atoms with E-state index in [-0.39, 0.29) is 11.7 Å². The fourth-order valence-corrected chi connectivity index (χ4v) is 3.66. The molecular weight excluding hydrogens is 334 g/mol. The van der Waals surface area contributed by atoms with E-state index in [1.807, 2.05) is 37.3 Å². The summed E-state index contributed by atoms with van der Waals surface area (Å²) < 4.78 is 0. The highest BCUT2D eigenvalue weighted by atomic mass is 32.1. The van der Waals surface area contributed by atoms with Gasteiger partial charge < -0.3 is 11.1 Å². The number of thiophene rings is 1. The van der Waals surface area contributed by atoms with Gasteiger partial charge in [-0.1, -0.05) is 18.2 Å². The van der Waals surface area contributed by atoms with Gasteiger partial charge in [-0.2, -0.15) is 0 Å². The first-order chi connectivity index (χ1) is 12.0. The number of carbonyl (C=O) groups is 2. The minimum Gasteiger partial charge on any atom is -0.397 e. The van der Waals surface area contributed by atoms with Gasteiger partial charge in [0.05, 0.1) is 5.69 Å². The first-order valence-electron chi connectivity index (χ1n) is 7.99. The van der Waals surface area contributed by atoms with E-state index >= 15 is 0 Å². The summed E-state index contributed by atoms with van der Waals surface area (Å²) in [5, 5.41) is 3.71. The van der Waals surface area contributed by atoms with Gasteiger partial charge >= 0.3 is 0 Å². The molecule has 5 nitrogen and oxygen atoms in total. The minimum absolute atomic E-state index is 0.0340. The lowest BCUT2D eigenvalue weighted by molar-refractivity contribution is 0.0957. The van der Waals surface area contributed by atoms with E-state index in [4.69, 9.17) is 5.73 Å². The van der Waals surface area contributed by atoms with Crippen molar-refractivity contribution in [2.45, 2.75) is 20.3 Å². The summed E-state index contributed by atoms with van der Waals surface area (Å²) in [5.74, 6) is -0.160. The lowest BCUT2D eigenvalue weighted by Gasteiger charge is -2.06. The number of anilines is 1. The number of hydrogen-bond acceptors (Lipinski definition) is 5. The molecule has 1 aromatic carbocycles. The maximum Gasteiger partial charge on any atom is 0.263 e. The molecule has 0 unspecified atom stereocenters. The van der Waals surface area contributed by atoms with Crippen LogP contribution in [0.15, 0.2) is 36.4 Å². The Morgan fingerprint density at radius 3 is 2.80 bits per heavy atom. The third-order valence-corrected chi connectivity index (χ3v) is 5.09. The zero-order chi connectivity index (χ0) is 18.0. The Hall–Kier alpha value is -2.73. The average molecular weight is 353 g/mol. The highest BCUT2D eigenvalue weighted by Crippen LogP contribution is 2.32. The lowest BCUT2D eigenvalue weighted by Crippen LogP contribution is -2.25. The Kier molecular flexibility index (Phi) is 4.81. The van der Waals surface area contributed by atoms with Crippen molar-refractivity contribution in [3.63, 3.8) is 0 Å². The first-order valence-corrected chi connectivity index (χ1v) is 8.81. The normalized spacial score (nSPS) is 10.8. The molecule has 0 saturated carbocycles. The fraction of sp³-hybridized carbons (Fsp3) is 0.211. The molecule has 25 heavy (non-hydrogen) atoms. The molecule has 0 spiro atoms. The minimum atomic E-state index is -0.194. The molecule has 3 aromatic rings. The number of fused-ring (bicyclic) bond motifs is 1. The molecular formula is C19H19N3O2S. The number of hydrogen-bond donors (Lipinski definition) is 2. The zero-order valence-electron chi connectivity index (χ0n) is 14.1. The molecule has 3 N–H and O–H groups in total. The monoisotopic (exact) mass is 353 g/mol. The number of carbonyl (C=O) groups excluding carboxylic acids is 2. The van der Waals surface area contributed by atoms with Crippen LogP contribution in [-0.2, 0) is 6.42 Å². The second kappa shape index (κ2) is 7.03. The van der Waals surface area contributed by atoms with Crippen molar-refractivity contribution >= 4 is 38.9 Å². The van der Waals surface area contributed by atoms with E-state index in [0.29, 0.717) is 29.1 Å². The van der Waals surface area contributed by atoms with Gasteiger partial charge in [0.25, 0.3) is 5.91 Å². The molecule has 0 saturated heterocycles. The molecule has 0 aliphatic rings. The Labute approximate surface area is 149 Å². The van der Waals surface area contributed by atoms with Gasteiger partial charge in [0.15, 0.2) is 5.78 Å². The number of nitrogens with one attached hydrogen (secondary N) is 1. The standard InChI is InChI=1S/C19H19N3O2S/c1-11-6-7-15-16(20)17(25-19(15)22-11)18(24)21-9-8-13-4-3-5-14(10-13)12(2)23/h3-7,10H,8-9,20H2,1-2H3,(H,21,24). The molecule has 2 heterocycles. The highest BCUT2D eigenvalue weighted by molar-refractivity contribution is 7.21.